The van der Waals surface area contributed by atoms with Gasteiger partial charge in [-0.25, -0.2) is 0 Å². The summed E-state index contributed by atoms with van der Waals surface area (Å²) in [7, 11) is 0. The zero-order valence-corrected chi connectivity index (χ0v) is 13.1. The molecule has 2 fully saturated rings. The van der Waals surface area contributed by atoms with E-state index >= 15 is 0 Å². The third kappa shape index (κ3) is 2.98. The number of carbonyl (C=O) groups excluding carboxylic acids is 1. The Bertz CT molecular complexity index is 485. The number of likely N-dealkylation sites (tertiary alicyclic amines) is 1. The molecule has 1 aromatic carbocycles. The molecular weight excluding hydrogens is 260 g/mol. The first-order valence-electron chi connectivity index (χ1n) is 8.28. The van der Waals surface area contributed by atoms with Gasteiger partial charge in [0.25, 0.3) is 0 Å². The Kier molecular flexibility index (Phi) is 4.29. The monoisotopic (exact) mass is 286 g/mol. The van der Waals surface area contributed by atoms with Crippen LogP contribution >= 0.6 is 0 Å². The Morgan fingerprint density at radius 2 is 2.00 bits per heavy atom. The number of amides is 1. The fourth-order valence-corrected chi connectivity index (χ4v) is 3.80. The Balaban J connectivity index is 1.79. The van der Waals surface area contributed by atoms with E-state index in [1.165, 1.54) is 18.4 Å². The molecular formula is C18H26N2O. The molecule has 2 saturated heterocycles. The minimum absolute atomic E-state index is 0.0968. The zero-order valence-electron chi connectivity index (χ0n) is 13.1. The lowest BCUT2D eigenvalue weighted by Crippen LogP contribution is -2.47. The number of hydrogen-bond acceptors (Lipinski definition) is 2. The highest BCUT2D eigenvalue weighted by Crippen LogP contribution is 2.34. The highest BCUT2D eigenvalue weighted by atomic mass is 16.2. The second-order valence-electron chi connectivity index (χ2n) is 6.72. The van der Waals surface area contributed by atoms with Crippen molar-refractivity contribution in [3.63, 3.8) is 0 Å². The van der Waals surface area contributed by atoms with Gasteiger partial charge in [-0.05, 0) is 24.8 Å². The van der Waals surface area contributed by atoms with Gasteiger partial charge in [0.15, 0.2) is 0 Å². The number of carbonyl (C=O) groups is 1. The standard InChI is InChI=1S/C18H26N2O/c1-13(2)18(21)20-11-7-6-10-15-17(20)12-16(19-15)14-8-4-3-5-9-14/h3-5,8-9,13,15-17,19H,6-7,10-12H2,1-2H3/t15-,16-,17+/m1/s1. The van der Waals surface area contributed by atoms with Gasteiger partial charge in [0.1, 0.15) is 0 Å². The third-order valence-electron chi connectivity index (χ3n) is 4.90. The van der Waals surface area contributed by atoms with Crippen LogP contribution in [-0.2, 0) is 4.79 Å². The van der Waals surface area contributed by atoms with Gasteiger partial charge in [-0.15, -0.1) is 0 Å². The molecule has 0 saturated carbocycles. The lowest BCUT2D eigenvalue weighted by molar-refractivity contribution is -0.136. The maximum absolute atomic E-state index is 12.5. The van der Waals surface area contributed by atoms with Crippen molar-refractivity contribution >= 4 is 5.91 Å². The first-order valence-corrected chi connectivity index (χ1v) is 8.28. The van der Waals surface area contributed by atoms with E-state index in [0.717, 1.165) is 19.4 Å². The van der Waals surface area contributed by atoms with Crippen LogP contribution in [0, 0.1) is 5.92 Å². The van der Waals surface area contributed by atoms with Gasteiger partial charge in [-0.2, -0.15) is 0 Å². The Hall–Kier alpha value is -1.35. The topological polar surface area (TPSA) is 32.3 Å². The van der Waals surface area contributed by atoms with E-state index < -0.39 is 0 Å². The molecule has 3 nitrogen and oxygen atoms in total. The maximum Gasteiger partial charge on any atom is 0.225 e. The molecule has 2 aliphatic heterocycles. The largest absolute Gasteiger partial charge is 0.338 e. The Labute approximate surface area is 127 Å². The van der Waals surface area contributed by atoms with Crippen molar-refractivity contribution in [2.24, 2.45) is 5.92 Å². The van der Waals surface area contributed by atoms with E-state index in [1.54, 1.807) is 0 Å². The molecule has 1 amide bonds. The fraction of sp³-hybridized carbons (Fsp3) is 0.611. The molecule has 1 aromatic rings. The van der Waals surface area contributed by atoms with Crippen LogP contribution in [0.15, 0.2) is 30.3 Å². The molecule has 0 aliphatic carbocycles. The molecule has 1 N–H and O–H groups in total. The van der Waals surface area contributed by atoms with Crippen molar-refractivity contribution in [3.8, 4) is 0 Å². The lowest BCUT2D eigenvalue weighted by atomic mass is 9.99. The molecule has 0 spiro atoms. The predicted molar refractivity (Wildman–Crippen MR) is 84.9 cm³/mol. The van der Waals surface area contributed by atoms with E-state index in [4.69, 9.17) is 0 Å². The Morgan fingerprint density at radius 3 is 2.71 bits per heavy atom. The summed E-state index contributed by atoms with van der Waals surface area (Å²) >= 11 is 0. The summed E-state index contributed by atoms with van der Waals surface area (Å²) in [6.07, 6.45) is 4.60. The van der Waals surface area contributed by atoms with E-state index in [1.807, 2.05) is 13.8 Å². The summed E-state index contributed by atoms with van der Waals surface area (Å²) in [6, 6.07) is 11.9. The summed E-state index contributed by atoms with van der Waals surface area (Å²) < 4.78 is 0. The molecule has 3 atom stereocenters. The van der Waals surface area contributed by atoms with Crippen molar-refractivity contribution in [2.75, 3.05) is 6.54 Å². The minimum Gasteiger partial charge on any atom is -0.338 e. The number of rotatable bonds is 2. The van der Waals surface area contributed by atoms with Crippen LogP contribution < -0.4 is 5.32 Å². The summed E-state index contributed by atoms with van der Waals surface area (Å²) in [5.41, 5.74) is 1.35. The van der Waals surface area contributed by atoms with Crippen LogP contribution in [0.4, 0.5) is 0 Å². The summed E-state index contributed by atoms with van der Waals surface area (Å²) in [5, 5.41) is 3.78. The summed E-state index contributed by atoms with van der Waals surface area (Å²) in [4.78, 5) is 14.7. The van der Waals surface area contributed by atoms with Crippen LogP contribution in [0.1, 0.15) is 51.1 Å². The minimum atomic E-state index is 0.0968. The van der Waals surface area contributed by atoms with Crippen LogP contribution in [-0.4, -0.2) is 29.4 Å². The van der Waals surface area contributed by atoms with E-state index in [-0.39, 0.29) is 5.92 Å². The average Bonchev–Trinajstić information content (AvgIpc) is 2.82. The number of benzene rings is 1. The predicted octanol–water partition coefficient (Wildman–Crippen LogP) is 3.13. The van der Waals surface area contributed by atoms with Gasteiger partial charge in [0, 0.05) is 30.6 Å². The maximum atomic E-state index is 12.5. The van der Waals surface area contributed by atoms with Crippen LogP contribution in [0.2, 0.25) is 0 Å². The number of nitrogens with zero attached hydrogens (tertiary/aromatic N) is 1. The summed E-state index contributed by atoms with van der Waals surface area (Å²) in [5.74, 6) is 0.418. The van der Waals surface area contributed by atoms with Crippen molar-refractivity contribution in [1.82, 2.24) is 10.2 Å². The highest BCUT2D eigenvalue weighted by molar-refractivity contribution is 5.78. The third-order valence-corrected chi connectivity index (χ3v) is 4.90. The molecule has 0 aromatic heterocycles. The van der Waals surface area contributed by atoms with E-state index in [9.17, 15) is 4.79 Å². The van der Waals surface area contributed by atoms with Crippen molar-refractivity contribution in [3.05, 3.63) is 35.9 Å². The molecule has 3 heteroatoms. The van der Waals surface area contributed by atoms with Gasteiger partial charge < -0.3 is 10.2 Å². The van der Waals surface area contributed by atoms with Crippen LogP contribution in [0.3, 0.4) is 0 Å². The number of fused-ring (bicyclic) bond motifs is 1. The number of hydrogen-bond donors (Lipinski definition) is 1. The molecule has 0 bridgehead atoms. The molecule has 21 heavy (non-hydrogen) atoms. The molecule has 0 unspecified atom stereocenters. The van der Waals surface area contributed by atoms with Crippen molar-refractivity contribution in [2.45, 2.75) is 57.7 Å². The van der Waals surface area contributed by atoms with Crippen LogP contribution in [0.25, 0.3) is 0 Å². The van der Waals surface area contributed by atoms with E-state index in [0.29, 0.717) is 24.0 Å². The normalized spacial score (nSPS) is 29.3. The zero-order chi connectivity index (χ0) is 14.8. The van der Waals surface area contributed by atoms with E-state index in [2.05, 4.69) is 40.5 Å². The quantitative estimate of drug-likeness (QED) is 0.906. The number of nitrogens with one attached hydrogen (secondary N) is 1. The van der Waals surface area contributed by atoms with Gasteiger partial charge in [-0.1, -0.05) is 50.6 Å². The highest BCUT2D eigenvalue weighted by Gasteiger charge is 2.40. The van der Waals surface area contributed by atoms with Crippen molar-refractivity contribution in [1.29, 1.82) is 0 Å². The SMILES string of the molecule is CC(C)C(=O)N1CCCC[C@H]2N[C@@H](c3ccccc3)C[C@@H]21. The molecule has 0 radical (unpaired) electrons. The first-order chi connectivity index (χ1) is 10.2. The molecule has 3 rings (SSSR count). The average molecular weight is 286 g/mol. The smallest absolute Gasteiger partial charge is 0.225 e. The lowest BCUT2D eigenvalue weighted by Gasteiger charge is -2.31. The van der Waals surface area contributed by atoms with Gasteiger partial charge >= 0.3 is 0 Å². The Morgan fingerprint density at radius 1 is 1.24 bits per heavy atom. The molecule has 2 heterocycles. The summed E-state index contributed by atoms with van der Waals surface area (Å²) in [6.45, 7) is 4.96. The first kappa shape index (κ1) is 14.6. The van der Waals surface area contributed by atoms with Gasteiger partial charge in [0.2, 0.25) is 5.91 Å². The fourth-order valence-electron chi connectivity index (χ4n) is 3.80. The molecule has 2 aliphatic rings. The molecule has 114 valence electrons. The second kappa shape index (κ2) is 6.18. The van der Waals surface area contributed by atoms with Gasteiger partial charge in [-0.3, -0.25) is 4.79 Å². The van der Waals surface area contributed by atoms with Gasteiger partial charge in [0.05, 0.1) is 0 Å². The van der Waals surface area contributed by atoms with Crippen LogP contribution in [0.5, 0.6) is 0 Å². The van der Waals surface area contributed by atoms with Crippen molar-refractivity contribution < 1.29 is 4.79 Å². The second-order valence-corrected chi connectivity index (χ2v) is 6.72.